The van der Waals surface area contributed by atoms with Gasteiger partial charge in [0.05, 0.1) is 0 Å². The minimum absolute atomic E-state index is 0.188. The van der Waals surface area contributed by atoms with E-state index in [1.54, 1.807) is 6.92 Å². The molecule has 0 bridgehead atoms. The lowest BCUT2D eigenvalue weighted by Crippen LogP contribution is -2.32. The summed E-state index contributed by atoms with van der Waals surface area (Å²) in [6.07, 6.45) is -3.81. The van der Waals surface area contributed by atoms with Crippen molar-refractivity contribution >= 4 is 11.8 Å². The largest absolute Gasteiger partial charge is 0.421 e. The molecule has 0 fully saturated rings. The van der Waals surface area contributed by atoms with Crippen molar-refractivity contribution in [2.24, 2.45) is 5.41 Å². The van der Waals surface area contributed by atoms with Gasteiger partial charge in [-0.25, -0.2) is 4.98 Å². The van der Waals surface area contributed by atoms with Crippen LogP contribution in [0, 0.1) is 5.41 Å². The second kappa shape index (κ2) is 4.62. The summed E-state index contributed by atoms with van der Waals surface area (Å²) in [5, 5.41) is 2.75. The number of hydrogen-bond donors (Lipinski definition) is 2. The topological polar surface area (TPSA) is 63.8 Å². The molecule has 0 saturated heterocycles. The molecule has 0 amide bonds. The van der Waals surface area contributed by atoms with Crippen molar-refractivity contribution in [2.45, 2.75) is 39.9 Å². The molecule has 1 atom stereocenters. The molecular formula is C11H17F3N4. The Morgan fingerprint density at radius 3 is 2.28 bits per heavy atom. The normalized spacial score (nSPS) is 14.4. The highest BCUT2D eigenvalue weighted by molar-refractivity contribution is 5.48. The van der Waals surface area contributed by atoms with Gasteiger partial charge in [-0.2, -0.15) is 18.2 Å². The Bertz CT molecular complexity index is 423. The van der Waals surface area contributed by atoms with E-state index in [0.717, 1.165) is 0 Å². The first kappa shape index (κ1) is 14.5. The summed E-state index contributed by atoms with van der Waals surface area (Å²) in [4.78, 5) is 7.01. The Labute approximate surface area is 104 Å². The molecule has 0 radical (unpaired) electrons. The minimum Gasteiger partial charge on any atom is -0.368 e. The highest BCUT2D eigenvalue weighted by atomic mass is 19.4. The number of alkyl halides is 3. The van der Waals surface area contributed by atoms with E-state index in [0.29, 0.717) is 6.20 Å². The van der Waals surface area contributed by atoms with Crippen LogP contribution in [0.3, 0.4) is 0 Å². The first-order valence-corrected chi connectivity index (χ1v) is 5.48. The molecule has 102 valence electrons. The highest BCUT2D eigenvalue weighted by Gasteiger charge is 2.36. The second-order valence-electron chi connectivity index (χ2n) is 5.22. The van der Waals surface area contributed by atoms with Crippen LogP contribution in [-0.2, 0) is 6.18 Å². The maximum absolute atomic E-state index is 12.8. The Morgan fingerprint density at radius 1 is 1.28 bits per heavy atom. The summed E-state index contributed by atoms with van der Waals surface area (Å²) < 4.78 is 38.3. The molecule has 0 spiro atoms. The van der Waals surface area contributed by atoms with Gasteiger partial charge in [0.15, 0.2) is 0 Å². The zero-order valence-electron chi connectivity index (χ0n) is 10.8. The Hall–Kier alpha value is -1.53. The van der Waals surface area contributed by atoms with Crippen molar-refractivity contribution in [1.82, 2.24) is 9.97 Å². The minimum atomic E-state index is -4.51. The fraction of sp³-hybridized carbons (Fsp3) is 0.636. The quantitative estimate of drug-likeness (QED) is 0.860. The molecule has 18 heavy (non-hydrogen) atoms. The first-order chi connectivity index (χ1) is 8.01. The standard InChI is InChI=1S/C11H17F3N4/c1-6(10(2,3)4)17-8-7(11(12,13)14)5-16-9(15)18-8/h5-6H,1-4H3,(H3,15,16,17,18)/t6-/m0/s1. The molecule has 0 aromatic carbocycles. The fourth-order valence-corrected chi connectivity index (χ4v) is 1.13. The van der Waals surface area contributed by atoms with E-state index in [-0.39, 0.29) is 23.2 Å². The summed E-state index contributed by atoms with van der Waals surface area (Å²) in [5.41, 5.74) is 4.21. The zero-order valence-corrected chi connectivity index (χ0v) is 10.8. The first-order valence-electron chi connectivity index (χ1n) is 5.48. The molecule has 0 unspecified atom stereocenters. The zero-order chi connectivity index (χ0) is 14.1. The van der Waals surface area contributed by atoms with E-state index in [4.69, 9.17) is 5.73 Å². The van der Waals surface area contributed by atoms with Gasteiger partial charge in [-0.3, -0.25) is 0 Å². The molecule has 0 aliphatic carbocycles. The summed E-state index contributed by atoms with van der Waals surface area (Å²) in [6, 6.07) is -0.201. The molecule has 0 aliphatic heterocycles. The Kier molecular flexibility index (Phi) is 3.73. The number of anilines is 2. The summed E-state index contributed by atoms with van der Waals surface area (Å²) in [7, 11) is 0. The van der Waals surface area contributed by atoms with E-state index >= 15 is 0 Å². The van der Waals surface area contributed by atoms with Crippen molar-refractivity contribution < 1.29 is 13.2 Å². The van der Waals surface area contributed by atoms with Crippen LogP contribution in [0.4, 0.5) is 24.9 Å². The number of nitrogens with one attached hydrogen (secondary N) is 1. The predicted octanol–water partition coefficient (Wildman–Crippen LogP) is 2.92. The molecule has 3 N–H and O–H groups in total. The number of hydrogen-bond acceptors (Lipinski definition) is 4. The van der Waals surface area contributed by atoms with E-state index in [2.05, 4.69) is 15.3 Å². The molecule has 4 nitrogen and oxygen atoms in total. The molecule has 0 aliphatic rings. The third-order valence-corrected chi connectivity index (χ3v) is 2.77. The van der Waals surface area contributed by atoms with E-state index in [9.17, 15) is 13.2 Å². The second-order valence-corrected chi connectivity index (χ2v) is 5.22. The maximum atomic E-state index is 12.8. The van der Waals surface area contributed by atoms with Gasteiger partial charge in [-0.1, -0.05) is 20.8 Å². The predicted molar refractivity (Wildman–Crippen MR) is 64.0 cm³/mol. The molecule has 7 heteroatoms. The van der Waals surface area contributed by atoms with Crippen LogP contribution < -0.4 is 11.1 Å². The molecular weight excluding hydrogens is 245 g/mol. The van der Waals surface area contributed by atoms with Crippen LogP contribution in [0.2, 0.25) is 0 Å². The van der Waals surface area contributed by atoms with Gasteiger partial charge in [0.2, 0.25) is 5.95 Å². The van der Waals surface area contributed by atoms with Crippen LogP contribution in [0.25, 0.3) is 0 Å². The van der Waals surface area contributed by atoms with Gasteiger partial charge >= 0.3 is 6.18 Å². The lowest BCUT2D eigenvalue weighted by atomic mass is 9.88. The number of halogens is 3. The number of aromatic nitrogens is 2. The third-order valence-electron chi connectivity index (χ3n) is 2.77. The van der Waals surface area contributed by atoms with Crippen molar-refractivity contribution in [1.29, 1.82) is 0 Å². The Balaban J connectivity index is 3.11. The van der Waals surface area contributed by atoms with E-state index in [1.807, 2.05) is 20.8 Å². The van der Waals surface area contributed by atoms with E-state index < -0.39 is 11.7 Å². The number of nitrogens with zero attached hydrogens (tertiary/aromatic N) is 2. The average molecular weight is 262 g/mol. The number of rotatable bonds is 2. The number of nitrogens with two attached hydrogens (primary N) is 1. The smallest absolute Gasteiger partial charge is 0.368 e. The van der Waals surface area contributed by atoms with Crippen LogP contribution in [0.15, 0.2) is 6.20 Å². The highest BCUT2D eigenvalue weighted by Crippen LogP contribution is 2.34. The van der Waals surface area contributed by atoms with Gasteiger partial charge in [-0.15, -0.1) is 0 Å². The van der Waals surface area contributed by atoms with Crippen LogP contribution >= 0.6 is 0 Å². The van der Waals surface area contributed by atoms with Crippen LogP contribution in [-0.4, -0.2) is 16.0 Å². The summed E-state index contributed by atoms with van der Waals surface area (Å²) in [5.74, 6) is -0.468. The molecule has 1 aromatic rings. The molecule has 1 aromatic heterocycles. The van der Waals surface area contributed by atoms with E-state index in [1.165, 1.54) is 0 Å². The van der Waals surface area contributed by atoms with Gasteiger partial charge in [0.25, 0.3) is 0 Å². The third kappa shape index (κ3) is 3.48. The van der Waals surface area contributed by atoms with Crippen molar-refractivity contribution in [3.05, 3.63) is 11.8 Å². The molecule has 1 rings (SSSR count). The lowest BCUT2D eigenvalue weighted by molar-refractivity contribution is -0.137. The van der Waals surface area contributed by atoms with Crippen LogP contribution in [0.1, 0.15) is 33.3 Å². The maximum Gasteiger partial charge on any atom is 0.421 e. The van der Waals surface area contributed by atoms with Gasteiger partial charge in [-0.05, 0) is 12.3 Å². The Morgan fingerprint density at radius 2 is 1.83 bits per heavy atom. The van der Waals surface area contributed by atoms with Crippen LogP contribution in [0.5, 0.6) is 0 Å². The lowest BCUT2D eigenvalue weighted by Gasteiger charge is -2.29. The fourth-order valence-electron chi connectivity index (χ4n) is 1.13. The van der Waals surface area contributed by atoms with Gasteiger partial charge in [0.1, 0.15) is 11.4 Å². The summed E-state index contributed by atoms with van der Waals surface area (Å²) in [6.45, 7) is 7.55. The number of nitrogen functional groups attached to an aromatic ring is 1. The summed E-state index contributed by atoms with van der Waals surface area (Å²) >= 11 is 0. The van der Waals surface area contributed by atoms with Crippen molar-refractivity contribution in [3.8, 4) is 0 Å². The SMILES string of the molecule is C[C@H](Nc1nc(N)ncc1C(F)(F)F)C(C)(C)C. The molecule has 1 heterocycles. The molecule has 0 saturated carbocycles. The van der Waals surface area contributed by atoms with Gasteiger partial charge < -0.3 is 11.1 Å². The van der Waals surface area contributed by atoms with Gasteiger partial charge in [0, 0.05) is 12.2 Å². The van der Waals surface area contributed by atoms with Crippen molar-refractivity contribution in [2.75, 3.05) is 11.1 Å². The monoisotopic (exact) mass is 262 g/mol. The van der Waals surface area contributed by atoms with Crippen molar-refractivity contribution in [3.63, 3.8) is 0 Å². The average Bonchev–Trinajstić information content (AvgIpc) is 2.13.